The monoisotopic (exact) mass is 277 g/mol. The van der Waals surface area contributed by atoms with Gasteiger partial charge in [0, 0.05) is 11.4 Å². The van der Waals surface area contributed by atoms with Crippen molar-refractivity contribution in [2.45, 2.75) is 0 Å². The van der Waals surface area contributed by atoms with Crippen LogP contribution in [0.25, 0.3) is 0 Å². The van der Waals surface area contributed by atoms with Gasteiger partial charge in [-0.15, -0.1) is 0 Å². The van der Waals surface area contributed by atoms with Crippen molar-refractivity contribution >= 4 is 28.9 Å². The zero-order valence-corrected chi connectivity index (χ0v) is 10.9. The lowest BCUT2D eigenvalue weighted by molar-refractivity contribution is 0.0697. The maximum Gasteiger partial charge on any atom is 0.337 e. The zero-order valence-electron chi connectivity index (χ0n) is 10.2. The van der Waals surface area contributed by atoms with Crippen LogP contribution in [-0.2, 0) is 0 Å². The van der Waals surface area contributed by atoms with Crippen LogP contribution in [0.1, 0.15) is 10.4 Å². The highest BCUT2D eigenvalue weighted by Crippen LogP contribution is 2.24. The van der Waals surface area contributed by atoms with E-state index in [9.17, 15) is 4.79 Å². The Hall–Kier alpha value is -2.20. The summed E-state index contributed by atoms with van der Waals surface area (Å²) in [6, 6.07) is 12.1. The number of hydrogen-bond donors (Lipinski definition) is 2. The molecule has 0 radical (unpaired) electrons. The smallest absolute Gasteiger partial charge is 0.337 e. The number of halogens is 1. The number of carboxylic acids is 1. The van der Waals surface area contributed by atoms with Crippen LogP contribution in [-0.4, -0.2) is 18.2 Å². The Balaban J connectivity index is 2.22. The van der Waals surface area contributed by atoms with E-state index in [1.165, 1.54) is 6.07 Å². The summed E-state index contributed by atoms with van der Waals surface area (Å²) in [7, 11) is 1.60. The number of rotatable bonds is 4. The summed E-state index contributed by atoms with van der Waals surface area (Å²) < 4.78 is 5.06. The van der Waals surface area contributed by atoms with Gasteiger partial charge >= 0.3 is 5.97 Å². The summed E-state index contributed by atoms with van der Waals surface area (Å²) in [5.74, 6) is -0.295. The first-order valence-electron chi connectivity index (χ1n) is 5.54. The van der Waals surface area contributed by atoms with Crippen LogP contribution in [0.2, 0.25) is 5.02 Å². The number of carboxylic acid groups (broad SMARTS) is 1. The number of benzene rings is 2. The van der Waals surface area contributed by atoms with E-state index in [1.54, 1.807) is 19.2 Å². The van der Waals surface area contributed by atoms with Crippen molar-refractivity contribution in [3.63, 3.8) is 0 Å². The van der Waals surface area contributed by atoms with E-state index in [4.69, 9.17) is 21.4 Å². The second-order valence-corrected chi connectivity index (χ2v) is 4.26. The molecule has 2 aromatic carbocycles. The summed E-state index contributed by atoms with van der Waals surface area (Å²) in [5.41, 5.74) is 1.56. The molecule has 2 rings (SSSR count). The van der Waals surface area contributed by atoms with E-state index in [0.717, 1.165) is 11.4 Å². The highest BCUT2D eigenvalue weighted by atomic mass is 35.5. The van der Waals surface area contributed by atoms with Crippen LogP contribution < -0.4 is 10.1 Å². The predicted octanol–water partition coefficient (Wildman–Crippen LogP) is 3.79. The fourth-order valence-electron chi connectivity index (χ4n) is 1.61. The van der Waals surface area contributed by atoms with Gasteiger partial charge in [0.05, 0.1) is 17.7 Å². The topological polar surface area (TPSA) is 58.6 Å². The molecule has 0 spiro atoms. The maximum absolute atomic E-state index is 11.0. The molecule has 0 amide bonds. The summed E-state index contributed by atoms with van der Waals surface area (Å²) >= 11 is 5.81. The number of aromatic carboxylic acids is 1. The molecule has 0 aliphatic carbocycles. The molecule has 0 aliphatic heterocycles. The van der Waals surface area contributed by atoms with Crippen molar-refractivity contribution in [2.75, 3.05) is 12.4 Å². The second kappa shape index (κ2) is 5.63. The molecule has 0 atom stereocenters. The molecular weight excluding hydrogens is 266 g/mol. The van der Waals surface area contributed by atoms with Crippen LogP contribution in [0, 0.1) is 0 Å². The molecule has 98 valence electrons. The van der Waals surface area contributed by atoms with E-state index in [-0.39, 0.29) is 10.6 Å². The third-order valence-corrected chi connectivity index (χ3v) is 2.91. The quantitative estimate of drug-likeness (QED) is 0.893. The lowest BCUT2D eigenvalue weighted by Gasteiger charge is -2.09. The van der Waals surface area contributed by atoms with Gasteiger partial charge in [-0.25, -0.2) is 4.79 Å². The molecule has 2 N–H and O–H groups in total. The number of hydrogen-bond acceptors (Lipinski definition) is 3. The third-order valence-electron chi connectivity index (χ3n) is 2.58. The molecule has 4 nitrogen and oxygen atoms in total. The Morgan fingerprint density at radius 2 is 1.79 bits per heavy atom. The molecule has 0 unspecified atom stereocenters. The van der Waals surface area contributed by atoms with Gasteiger partial charge in [-0.2, -0.15) is 0 Å². The largest absolute Gasteiger partial charge is 0.497 e. The molecule has 0 aliphatic rings. The Morgan fingerprint density at radius 3 is 2.37 bits per heavy atom. The van der Waals surface area contributed by atoms with Crippen LogP contribution >= 0.6 is 11.6 Å². The predicted molar refractivity (Wildman–Crippen MR) is 74.7 cm³/mol. The minimum Gasteiger partial charge on any atom is -0.497 e. The van der Waals surface area contributed by atoms with E-state index >= 15 is 0 Å². The van der Waals surface area contributed by atoms with E-state index < -0.39 is 5.97 Å². The van der Waals surface area contributed by atoms with E-state index in [1.807, 2.05) is 24.3 Å². The van der Waals surface area contributed by atoms with Crippen LogP contribution in [0.5, 0.6) is 5.75 Å². The average molecular weight is 278 g/mol. The minimum atomic E-state index is -1.05. The SMILES string of the molecule is COc1ccc(Nc2ccc(Cl)c(C(=O)O)c2)cc1. The zero-order chi connectivity index (χ0) is 13.8. The number of anilines is 2. The van der Waals surface area contributed by atoms with Gasteiger partial charge in [0.1, 0.15) is 5.75 Å². The first-order chi connectivity index (χ1) is 9.10. The Kier molecular flexibility index (Phi) is 3.92. The Morgan fingerprint density at radius 1 is 1.16 bits per heavy atom. The second-order valence-electron chi connectivity index (χ2n) is 3.85. The van der Waals surface area contributed by atoms with Crippen molar-refractivity contribution in [3.05, 3.63) is 53.1 Å². The molecular formula is C14H12ClNO3. The van der Waals surface area contributed by atoms with Crippen molar-refractivity contribution in [3.8, 4) is 5.75 Å². The molecule has 2 aromatic rings. The first kappa shape index (κ1) is 13.2. The van der Waals surface area contributed by atoms with Crippen molar-refractivity contribution < 1.29 is 14.6 Å². The van der Waals surface area contributed by atoms with Crippen LogP contribution in [0.4, 0.5) is 11.4 Å². The highest BCUT2D eigenvalue weighted by Gasteiger charge is 2.09. The van der Waals surface area contributed by atoms with Gasteiger partial charge in [-0.1, -0.05) is 11.6 Å². The van der Waals surface area contributed by atoms with Crippen molar-refractivity contribution in [1.29, 1.82) is 0 Å². The highest BCUT2D eigenvalue weighted by molar-refractivity contribution is 6.33. The first-order valence-corrected chi connectivity index (χ1v) is 5.92. The summed E-state index contributed by atoms with van der Waals surface area (Å²) in [5, 5.41) is 12.3. The number of ether oxygens (including phenoxy) is 1. The fraction of sp³-hybridized carbons (Fsp3) is 0.0714. The van der Waals surface area contributed by atoms with Crippen molar-refractivity contribution in [1.82, 2.24) is 0 Å². The molecule has 0 saturated carbocycles. The fourth-order valence-corrected chi connectivity index (χ4v) is 1.81. The van der Waals surface area contributed by atoms with Crippen molar-refractivity contribution in [2.24, 2.45) is 0 Å². The van der Waals surface area contributed by atoms with Crippen LogP contribution in [0.15, 0.2) is 42.5 Å². The third kappa shape index (κ3) is 3.17. The molecule has 5 heteroatoms. The van der Waals surface area contributed by atoms with Gasteiger partial charge in [-0.05, 0) is 42.5 Å². The summed E-state index contributed by atoms with van der Waals surface area (Å²) in [6.07, 6.45) is 0. The van der Waals surface area contributed by atoms with E-state index in [2.05, 4.69) is 5.32 Å². The van der Waals surface area contributed by atoms with Gasteiger partial charge < -0.3 is 15.2 Å². The average Bonchev–Trinajstić information content (AvgIpc) is 2.41. The summed E-state index contributed by atoms with van der Waals surface area (Å²) in [4.78, 5) is 11.0. The normalized spacial score (nSPS) is 10.0. The number of methoxy groups -OCH3 is 1. The molecule has 0 fully saturated rings. The molecule has 0 heterocycles. The van der Waals surface area contributed by atoms with Gasteiger partial charge in [0.15, 0.2) is 0 Å². The lowest BCUT2D eigenvalue weighted by Crippen LogP contribution is -1.99. The molecule has 0 aromatic heterocycles. The summed E-state index contributed by atoms with van der Waals surface area (Å²) in [6.45, 7) is 0. The molecule has 0 saturated heterocycles. The van der Waals surface area contributed by atoms with E-state index in [0.29, 0.717) is 5.69 Å². The van der Waals surface area contributed by atoms with Gasteiger partial charge in [0.2, 0.25) is 0 Å². The molecule has 19 heavy (non-hydrogen) atoms. The molecule has 0 bridgehead atoms. The van der Waals surface area contributed by atoms with Gasteiger partial charge in [-0.3, -0.25) is 0 Å². The standard InChI is InChI=1S/C14H12ClNO3/c1-19-11-5-2-9(3-6-11)16-10-4-7-13(15)12(8-10)14(17)18/h2-8,16H,1H3,(H,17,18). The number of nitrogens with one attached hydrogen (secondary N) is 1. The maximum atomic E-state index is 11.0. The lowest BCUT2D eigenvalue weighted by atomic mass is 10.2. The minimum absolute atomic E-state index is 0.0696. The van der Waals surface area contributed by atoms with Crippen LogP contribution in [0.3, 0.4) is 0 Å². The van der Waals surface area contributed by atoms with Gasteiger partial charge in [0.25, 0.3) is 0 Å². The Labute approximate surface area is 115 Å². The number of carbonyl (C=O) groups is 1. The Bertz CT molecular complexity index is 596.